The molecule has 0 spiro atoms. The molecule has 1 aromatic carbocycles. The van der Waals surface area contributed by atoms with Crippen molar-refractivity contribution in [1.29, 1.82) is 5.26 Å². The van der Waals surface area contributed by atoms with Gasteiger partial charge < -0.3 is 5.73 Å². The molecular weight excluding hydrogens is 278 g/mol. The Hall–Kier alpha value is -2.40. The smallest absolute Gasteiger partial charge is 0.220 e. The molecule has 20 heavy (non-hydrogen) atoms. The highest BCUT2D eigenvalue weighted by Gasteiger charge is 2.22. The summed E-state index contributed by atoms with van der Waals surface area (Å²) in [6.45, 7) is 1.82. The lowest BCUT2D eigenvalue weighted by atomic mass is 10.1. The molecule has 0 aliphatic heterocycles. The predicted octanol–water partition coefficient (Wildman–Crippen LogP) is 0.574. The van der Waals surface area contributed by atoms with E-state index in [1.54, 1.807) is 24.3 Å². The molecule has 0 amide bonds. The first-order valence-electron chi connectivity index (χ1n) is 5.88. The molecule has 0 fully saturated rings. The molecule has 7 nitrogen and oxygen atoms in total. The minimum Gasteiger partial charge on any atom is -0.381 e. The van der Waals surface area contributed by atoms with Gasteiger partial charge >= 0.3 is 0 Å². The van der Waals surface area contributed by atoms with Crippen molar-refractivity contribution in [2.45, 2.75) is 18.5 Å². The zero-order valence-electron chi connectivity index (χ0n) is 10.8. The Balaban J connectivity index is 2.29. The second-order valence-corrected chi connectivity index (χ2v) is 6.34. The van der Waals surface area contributed by atoms with Gasteiger partial charge in [0.2, 0.25) is 14.9 Å². The van der Waals surface area contributed by atoms with Crippen LogP contribution in [0.25, 0.3) is 0 Å². The van der Waals surface area contributed by atoms with Gasteiger partial charge in [-0.25, -0.2) is 13.1 Å². The van der Waals surface area contributed by atoms with Crippen LogP contribution in [0.2, 0.25) is 0 Å². The van der Waals surface area contributed by atoms with Crippen LogP contribution < -0.4 is 5.73 Å². The number of benzene rings is 1. The summed E-state index contributed by atoms with van der Waals surface area (Å²) in [6, 6.07) is 8.88. The highest BCUT2D eigenvalue weighted by atomic mass is 32.2. The molecule has 0 atom stereocenters. The van der Waals surface area contributed by atoms with Gasteiger partial charge in [-0.2, -0.15) is 5.26 Å². The van der Waals surface area contributed by atoms with E-state index in [4.69, 9.17) is 11.0 Å². The molecule has 0 bridgehead atoms. The molecule has 0 saturated carbocycles. The van der Waals surface area contributed by atoms with Gasteiger partial charge in [-0.15, -0.1) is 5.10 Å². The minimum atomic E-state index is -3.47. The van der Waals surface area contributed by atoms with Crippen LogP contribution >= 0.6 is 0 Å². The Labute approximate surface area is 116 Å². The van der Waals surface area contributed by atoms with Crippen LogP contribution in [0.5, 0.6) is 0 Å². The summed E-state index contributed by atoms with van der Waals surface area (Å²) >= 11 is 0. The molecule has 0 aliphatic carbocycles. The van der Waals surface area contributed by atoms with Crippen molar-refractivity contribution in [3.8, 4) is 6.07 Å². The molecule has 8 heteroatoms. The van der Waals surface area contributed by atoms with Crippen LogP contribution in [-0.4, -0.2) is 29.2 Å². The third-order valence-electron chi connectivity index (χ3n) is 2.83. The third-order valence-corrected chi connectivity index (χ3v) is 4.47. The standard InChI is InChI=1S/C12H13N5O2S/c1-2-20(18,19)12-11(14)17(16-15-12)8-10-5-3-9(7-13)4-6-10/h3-6H,2,8,14H2,1H3. The second-order valence-electron chi connectivity index (χ2n) is 4.15. The van der Waals surface area contributed by atoms with Gasteiger partial charge in [0.05, 0.1) is 23.9 Å². The maximum Gasteiger partial charge on any atom is 0.220 e. The Morgan fingerprint density at radius 2 is 2.00 bits per heavy atom. The average Bonchev–Trinajstić information content (AvgIpc) is 2.82. The van der Waals surface area contributed by atoms with Gasteiger partial charge in [-0.05, 0) is 17.7 Å². The van der Waals surface area contributed by atoms with E-state index in [0.29, 0.717) is 12.1 Å². The van der Waals surface area contributed by atoms with E-state index >= 15 is 0 Å². The molecule has 0 aliphatic rings. The molecule has 1 aromatic heterocycles. The van der Waals surface area contributed by atoms with Gasteiger partial charge in [0, 0.05) is 0 Å². The van der Waals surface area contributed by atoms with Crippen LogP contribution in [0.3, 0.4) is 0 Å². The van der Waals surface area contributed by atoms with E-state index < -0.39 is 9.84 Å². The lowest BCUT2D eigenvalue weighted by Gasteiger charge is -2.04. The number of rotatable bonds is 4. The Bertz CT molecular complexity index is 756. The van der Waals surface area contributed by atoms with Crippen LogP contribution in [0, 0.1) is 11.3 Å². The fraction of sp³-hybridized carbons (Fsp3) is 0.250. The Morgan fingerprint density at radius 1 is 1.35 bits per heavy atom. The van der Waals surface area contributed by atoms with Crippen molar-refractivity contribution in [2.75, 3.05) is 11.5 Å². The lowest BCUT2D eigenvalue weighted by Crippen LogP contribution is -2.10. The fourth-order valence-electron chi connectivity index (χ4n) is 1.64. The molecule has 104 valence electrons. The number of hydrogen-bond acceptors (Lipinski definition) is 6. The van der Waals surface area contributed by atoms with E-state index in [-0.39, 0.29) is 16.6 Å². The van der Waals surface area contributed by atoms with Crippen molar-refractivity contribution in [2.24, 2.45) is 0 Å². The predicted molar refractivity (Wildman–Crippen MR) is 72.4 cm³/mol. The number of sulfone groups is 1. The molecular formula is C12H13N5O2S. The first-order valence-corrected chi connectivity index (χ1v) is 7.54. The number of nitrogen functional groups attached to an aromatic ring is 1. The van der Waals surface area contributed by atoms with Crippen LogP contribution in [0.4, 0.5) is 5.82 Å². The maximum absolute atomic E-state index is 11.7. The normalized spacial score (nSPS) is 11.2. The topological polar surface area (TPSA) is 115 Å². The quantitative estimate of drug-likeness (QED) is 0.880. The van der Waals surface area contributed by atoms with Crippen LogP contribution in [-0.2, 0) is 16.4 Å². The van der Waals surface area contributed by atoms with E-state index in [2.05, 4.69) is 10.3 Å². The minimum absolute atomic E-state index is 0.0243. The van der Waals surface area contributed by atoms with Gasteiger partial charge in [0.15, 0.2) is 5.82 Å². The molecule has 0 unspecified atom stereocenters. The van der Waals surface area contributed by atoms with Gasteiger partial charge in [0.1, 0.15) is 0 Å². The van der Waals surface area contributed by atoms with E-state index in [1.165, 1.54) is 11.6 Å². The number of aromatic nitrogens is 3. The average molecular weight is 291 g/mol. The SMILES string of the molecule is CCS(=O)(=O)c1nnn(Cc2ccc(C#N)cc2)c1N. The van der Waals surface area contributed by atoms with Crippen molar-refractivity contribution >= 4 is 15.7 Å². The van der Waals surface area contributed by atoms with Crippen molar-refractivity contribution in [1.82, 2.24) is 15.0 Å². The maximum atomic E-state index is 11.7. The molecule has 0 saturated heterocycles. The summed E-state index contributed by atoms with van der Waals surface area (Å²) in [5.74, 6) is -0.0524. The Morgan fingerprint density at radius 3 is 2.55 bits per heavy atom. The summed E-state index contributed by atoms with van der Waals surface area (Å²) in [5, 5.41) is 15.9. The fourth-order valence-corrected chi connectivity index (χ4v) is 2.50. The van der Waals surface area contributed by atoms with Crippen LogP contribution in [0.15, 0.2) is 29.3 Å². The molecule has 0 radical (unpaired) electrons. The monoisotopic (exact) mass is 291 g/mol. The first kappa shape index (κ1) is 14.0. The number of hydrogen-bond donors (Lipinski definition) is 1. The summed E-state index contributed by atoms with van der Waals surface area (Å²) < 4.78 is 24.8. The molecule has 2 rings (SSSR count). The van der Waals surface area contributed by atoms with Crippen molar-refractivity contribution in [3.63, 3.8) is 0 Å². The van der Waals surface area contributed by atoms with Gasteiger partial charge in [0.25, 0.3) is 0 Å². The highest BCUT2D eigenvalue weighted by molar-refractivity contribution is 7.91. The van der Waals surface area contributed by atoms with E-state index in [1.807, 2.05) is 6.07 Å². The Kier molecular flexibility index (Phi) is 3.72. The second kappa shape index (κ2) is 5.30. The van der Waals surface area contributed by atoms with Gasteiger partial charge in [-0.1, -0.05) is 24.3 Å². The summed E-state index contributed by atoms with van der Waals surface area (Å²) in [4.78, 5) is 0. The van der Waals surface area contributed by atoms with Crippen molar-refractivity contribution < 1.29 is 8.42 Å². The van der Waals surface area contributed by atoms with E-state index in [0.717, 1.165) is 5.56 Å². The summed E-state index contributed by atoms with van der Waals surface area (Å²) in [6.07, 6.45) is 0. The van der Waals surface area contributed by atoms with E-state index in [9.17, 15) is 8.42 Å². The largest absolute Gasteiger partial charge is 0.381 e. The summed E-state index contributed by atoms with van der Waals surface area (Å²) in [7, 11) is -3.47. The molecule has 2 aromatic rings. The number of anilines is 1. The number of nitrogens with zero attached hydrogens (tertiary/aromatic N) is 4. The van der Waals surface area contributed by atoms with Gasteiger partial charge in [-0.3, -0.25) is 0 Å². The third kappa shape index (κ3) is 2.62. The lowest BCUT2D eigenvalue weighted by molar-refractivity contribution is 0.593. The summed E-state index contributed by atoms with van der Waals surface area (Å²) in [5.41, 5.74) is 7.17. The first-order chi connectivity index (χ1) is 9.47. The number of nitriles is 1. The van der Waals surface area contributed by atoms with Crippen molar-refractivity contribution in [3.05, 3.63) is 35.4 Å². The number of nitrogens with two attached hydrogens (primary N) is 1. The zero-order chi connectivity index (χ0) is 14.8. The molecule has 2 N–H and O–H groups in total. The zero-order valence-corrected chi connectivity index (χ0v) is 11.6. The molecule has 1 heterocycles. The highest BCUT2D eigenvalue weighted by Crippen LogP contribution is 2.17. The van der Waals surface area contributed by atoms with Crippen LogP contribution in [0.1, 0.15) is 18.1 Å².